The molecular formula is C14H31IN4O2. The Morgan fingerprint density at radius 3 is 2.24 bits per heavy atom. The second-order valence-electron chi connectivity index (χ2n) is 5.47. The third-order valence-corrected chi connectivity index (χ3v) is 2.21. The van der Waals surface area contributed by atoms with Gasteiger partial charge in [-0.1, -0.05) is 13.3 Å². The van der Waals surface area contributed by atoms with E-state index in [2.05, 4.69) is 27.9 Å². The lowest BCUT2D eigenvalue weighted by molar-refractivity contribution is 0.0529. The molecule has 21 heavy (non-hydrogen) atoms. The Balaban J connectivity index is 0. The van der Waals surface area contributed by atoms with E-state index >= 15 is 0 Å². The van der Waals surface area contributed by atoms with Gasteiger partial charge in [-0.05, 0) is 34.1 Å². The molecule has 0 aromatic heterocycles. The summed E-state index contributed by atoms with van der Waals surface area (Å²) in [5.41, 5.74) is -0.464. The molecule has 0 saturated carbocycles. The van der Waals surface area contributed by atoms with Gasteiger partial charge in [-0.15, -0.1) is 24.0 Å². The van der Waals surface area contributed by atoms with E-state index in [0.29, 0.717) is 13.1 Å². The van der Waals surface area contributed by atoms with Gasteiger partial charge in [0.15, 0.2) is 5.96 Å². The first-order valence-electron chi connectivity index (χ1n) is 7.38. The molecule has 0 aliphatic carbocycles. The summed E-state index contributed by atoms with van der Waals surface area (Å²) in [5, 5.41) is 9.03. The van der Waals surface area contributed by atoms with Crippen LogP contribution in [0.1, 0.15) is 47.5 Å². The Bertz CT molecular complexity index is 304. The first-order chi connectivity index (χ1) is 9.39. The molecule has 0 unspecified atom stereocenters. The summed E-state index contributed by atoms with van der Waals surface area (Å²) in [6.07, 6.45) is 1.81. The molecule has 0 heterocycles. The maximum atomic E-state index is 11.4. The number of hydrogen-bond donors (Lipinski definition) is 3. The number of rotatable bonds is 7. The number of nitrogens with zero attached hydrogens (tertiary/aromatic N) is 1. The van der Waals surface area contributed by atoms with Crippen LogP contribution in [0.15, 0.2) is 4.99 Å². The normalized spacial score (nSPS) is 11.4. The van der Waals surface area contributed by atoms with Gasteiger partial charge in [0.2, 0.25) is 0 Å². The summed E-state index contributed by atoms with van der Waals surface area (Å²) < 4.78 is 5.15. The first kappa shape index (κ1) is 22.5. The van der Waals surface area contributed by atoms with E-state index in [1.807, 2.05) is 27.7 Å². The van der Waals surface area contributed by atoms with Crippen LogP contribution in [0.3, 0.4) is 0 Å². The molecule has 0 fully saturated rings. The van der Waals surface area contributed by atoms with Crippen molar-refractivity contribution in [1.82, 2.24) is 16.0 Å². The van der Waals surface area contributed by atoms with Crippen LogP contribution < -0.4 is 16.0 Å². The number of carbonyl (C=O) groups is 1. The van der Waals surface area contributed by atoms with E-state index in [-0.39, 0.29) is 24.0 Å². The number of hydrogen-bond acceptors (Lipinski definition) is 3. The van der Waals surface area contributed by atoms with Crippen molar-refractivity contribution in [2.45, 2.75) is 53.1 Å². The lowest BCUT2D eigenvalue weighted by atomic mass is 10.2. The van der Waals surface area contributed by atoms with Gasteiger partial charge in [-0.25, -0.2) is 4.79 Å². The van der Waals surface area contributed by atoms with Gasteiger partial charge in [0.25, 0.3) is 0 Å². The average Bonchev–Trinajstić information content (AvgIpc) is 2.32. The van der Waals surface area contributed by atoms with Crippen LogP contribution >= 0.6 is 24.0 Å². The molecule has 7 heteroatoms. The Labute approximate surface area is 145 Å². The van der Waals surface area contributed by atoms with Crippen LogP contribution in [0, 0.1) is 0 Å². The molecule has 1 amide bonds. The van der Waals surface area contributed by atoms with Crippen LogP contribution in [0.2, 0.25) is 0 Å². The Kier molecular flexibility index (Phi) is 13.9. The Hall–Kier alpha value is -0.730. The van der Waals surface area contributed by atoms with Crippen molar-refractivity contribution < 1.29 is 9.53 Å². The molecule has 0 atom stereocenters. The maximum absolute atomic E-state index is 11.4. The molecule has 6 nitrogen and oxygen atoms in total. The van der Waals surface area contributed by atoms with Crippen LogP contribution in [-0.4, -0.2) is 43.8 Å². The van der Waals surface area contributed by atoms with E-state index in [4.69, 9.17) is 4.74 Å². The van der Waals surface area contributed by atoms with Crippen molar-refractivity contribution >= 4 is 36.0 Å². The summed E-state index contributed by atoms with van der Waals surface area (Å²) in [4.78, 5) is 15.9. The maximum Gasteiger partial charge on any atom is 0.407 e. The largest absolute Gasteiger partial charge is 0.444 e. The molecule has 0 rings (SSSR count). The topological polar surface area (TPSA) is 74.8 Å². The molecule has 0 aromatic carbocycles. The second kappa shape index (κ2) is 13.0. The number of unbranched alkanes of at least 4 members (excludes halogenated alkanes) is 1. The smallest absolute Gasteiger partial charge is 0.407 e. The summed E-state index contributed by atoms with van der Waals surface area (Å²) in [6.45, 7) is 12.4. The fraction of sp³-hybridized carbons (Fsp3) is 0.857. The highest BCUT2D eigenvalue weighted by Crippen LogP contribution is 2.05. The van der Waals surface area contributed by atoms with Crippen molar-refractivity contribution in [3.05, 3.63) is 0 Å². The number of ether oxygens (including phenoxy) is 1. The predicted molar refractivity (Wildman–Crippen MR) is 98.5 cm³/mol. The highest BCUT2D eigenvalue weighted by atomic mass is 127. The molecule has 0 aliphatic rings. The molecular weight excluding hydrogens is 383 g/mol. The third-order valence-electron chi connectivity index (χ3n) is 2.21. The van der Waals surface area contributed by atoms with E-state index < -0.39 is 11.7 Å². The molecule has 0 spiro atoms. The standard InChI is InChI=1S/C14H30N4O2.HI/c1-6-8-9-16-12(15-7-2)17-10-11-18-13(19)20-14(3,4)5;/h6-11H2,1-5H3,(H,18,19)(H2,15,16,17);1H. The molecule has 0 radical (unpaired) electrons. The minimum atomic E-state index is -0.464. The number of nitrogens with one attached hydrogen (secondary N) is 3. The summed E-state index contributed by atoms with van der Waals surface area (Å²) in [5.74, 6) is 0.784. The SMILES string of the molecule is CCCCN=C(NCC)NCCNC(=O)OC(C)(C)C.I. The summed E-state index contributed by atoms with van der Waals surface area (Å²) in [6, 6.07) is 0. The Morgan fingerprint density at radius 2 is 1.71 bits per heavy atom. The van der Waals surface area contributed by atoms with Crippen LogP contribution in [0.5, 0.6) is 0 Å². The minimum Gasteiger partial charge on any atom is -0.444 e. The van der Waals surface area contributed by atoms with E-state index in [1.165, 1.54) is 0 Å². The lowest BCUT2D eigenvalue weighted by Gasteiger charge is -2.19. The van der Waals surface area contributed by atoms with Crippen LogP contribution in [-0.2, 0) is 4.74 Å². The van der Waals surface area contributed by atoms with Gasteiger partial charge in [-0.2, -0.15) is 0 Å². The van der Waals surface area contributed by atoms with Crippen molar-refractivity contribution in [2.24, 2.45) is 4.99 Å². The fourth-order valence-corrected chi connectivity index (χ4v) is 1.35. The van der Waals surface area contributed by atoms with E-state index in [1.54, 1.807) is 0 Å². The molecule has 0 saturated heterocycles. The van der Waals surface area contributed by atoms with Crippen LogP contribution in [0.4, 0.5) is 4.79 Å². The number of amides is 1. The number of alkyl carbamates (subject to hydrolysis) is 1. The van der Waals surface area contributed by atoms with Gasteiger partial charge in [0.05, 0.1) is 0 Å². The number of carbonyl (C=O) groups excluding carboxylic acids is 1. The van der Waals surface area contributed by atoms with Gasteiger partial charge in [0.1, 0.15) is 5.60 Å². The molecule has 0 bridgehead atoms. The van der Waals surface area contributed by atoms with Gasteiger partial charge in [-0.3, -0.25) is 4.99 Å². The quantitative estimate of drug-likeness (QED) is 0.259. The molecule has 126 valence electrons. The predicted octanol–water partition coefficient (Wildman–Crippen LogP) is 2.48. The van der Waals surface area contributed by atoms with Gasteiger partial charge < -0.3 is 20.7 Å². The minimum absolute atomic E-state index is 0. The number of halogens is 1. The summed E-state index contributed by atoms with van der Waals surface area (Å²) in [7, 11) is 0. The fourth-order valence-electron chi connectivity index (χ4n) is 1.35. The summed E-state index contributed by atoms with van der Waals surface area (Å²) >= 11 is 0. The average molecular weight is 414 g/mol. The lowest BCUT2D eigenvalue weighted by Crippen LogP contribution is -2.42. The van der Waals surface area contributed by atoms with Gasteiger partial charge >= 0.3 is 6.09 Å². The van der Waals surface area contributed by atoms with Crippen molar-refractivity contribution in [1.29, 1.82) is 0 Å². The van der Waals surface area contributed by atoms with E-state index in [9.17, 15) is 4.79 Å². The zero-order valence-corrected chi connectivity index (χ0v) is 16.2. The van der Waals surface area contributed by atoms with Crippen molar-refractivity contribution in [2.75, 3.05) is 26.2 Å². The molecule has 0 aromatic rings. The zero-order valence-electron chi connectivity index (χ0n) is 13.9. The monoisotopic (exact) mass is 414 g/mol. The van der Waals surface area contributed by atoms with Gasteiger partial charge in [0, 0.05) is 26.2 Å². The van der Waals surface area contributed by atoms with Crippen molar-refractivity contribution in [3.8, 4) is 0 Å². The van der Waals surface area contributed by atoms with Crippen molar-refractivity contribution in [3.63, 3.8) is 0 Å². The first-order valence-corrected chi connectivity index (χ1v) is 7.38. The molecule has 3 N–H and O–H groups in total. The third kappa shape index (κ3) is 15.5. The zero-order chi connectivity index (χ0) is 15.4. The highest BCUT2D eigenvalue weighted by molar-refractivity contribution is 14.0. The molecule has 0 aliphatic heterocycles. The van der Waals surface area contributed by atoms with E-state index in [0.717, 1.165) is 31.9 Å². The van der Waals surface area contributed by atoms with Crippen LogP contribution in [0.25, 0.3) is 0 Å². The number of aliphatic imine (C=N–C) groups is 1. The Morgan fingerprint density at radius 1 is 1.10 bits per heavy atom. The number of guanidine groups is 1. The second-order valence-corrected chi connectivity index (χ2v) is 5.47. The highest BCUT2D eigenvalue weighted by Gasteiger charge is 2.15.